The van der Waals surface area contributed by atoms with E-state index in [1.54, 1.807) is 0 Å². The van der Waals surface area contributed by atoms with Gasteiger partial charge in [0.1, 0.15) is 11.4 Å². The van der Waals surface area contributed by atoms with Crippen LogP contribution >= 0.6 is 0 Å². The third-order valence-corrected chi connectivity index (χ3v) is 12.6. The molecule has 0 bridgehead atoms. The van der Waals surface area contributed by atoms with Gasteiger partial charge in [0, 0.05) is 18.4 Å². The van der Waals surface area contributed by atoms with Crippen LogP contribution in [0.5, 0.6) is 5.75 Å². The first kappa shape index (κ1) is 47.9. The van der Waals surface area contributed by atoms with Crippen LogP contribution < -0.4 is 4.74 Å². The Labute approximate surface area is 347 Å². The molecule has 0 aliphatic rings. The molecule has 3 aromatic rings. The third kappa shape index (κ3) is 12.5. The van der Waals surface area contributed by atoms with Crippen molar-refractivity contribution in [2.24, 2.45) is 28.1 Å². The third-order valence-electron chi connectivity index (χ3n) is 12.6. The molecular formula is C51H77NO5. The quantitative estimate of drug-likeness (QED) is 0.0772. The lowest BCUT2D eigenvalue weighted by atomic mass is 9.54. The lowest BCUT2D eigenvalue weighted by Gasteiger charge is -2.53. The number of nitrogens with zero attached hydrogens (tertiary/aromatic N) is 1. The van der Waals surface area contributed by atoms with E-state index >= 15 is 0 Å². The average Bonchev–Trinajstić information content (AvgIpc) is 3.08. The van der Waals surface area contributed by atoms with Gasteiger partial charge in [-0.3, -0.25) is 14.4 Å². The Morgan fingerprint density at radius 1 is 0.632 bits per heavy atom. The van der Waals surface area contributed by atoms with E-state index in [9.17, 15) is 9.59 Å². The van der Waals surface area contributed by atoms with Gasteiger partial charge in [-0.15, -0.1) is 0 Å². The van der Waals surface area contributed by atoms with E-state index in [1.807, 2.05) is 32.9 Å². The molecule has 57 heavy (non-hydrogen) atoms. The van der Waals surface area contributed by atoms with Gasteiger partial charge in [-0.1, -0.05) is 135 Å². The van der Waals surface area contributed by atoms with Crippen molar-refractivity contribution in [3.8, 4) is 5.75 Å². The van der Waals surface area contributed by atoms with Crippen molar-refractivity contribution in [2.75, 3.05) is 0 Å². The summed E-state index contributed by atoms with van der Waals surface area (Å²) in [4.78, 5) is 33.9. The predicted octanol–water partition coefficient (Wildman–Crippen LogP) is 13.5. The van der Waals surface area contributed by atoms with Gasteiger partial charge in [-0.05, 0) is 125 Å². The van der Waals surface area contributed by atoms with Crippen LogP contribution in [0.25, 0.3) is 0 Å². The fourth-order valence-corrected chi connectivity index (χ4v) is 8.22. The molecule has 0 aromatic heterocycles. The molecule has 0 fully saturated rings. The monoisotopic (exact) mass is 784 g/mol. The second-order valence-corrected chi connectivity index (χ2v) is 21.2. The van der Waals surface area contributed by atoms with Gasteiger partial charge in [0.05, 0.1) is 17.6 Å². The maximum absolute atomic E-state index is 14.6. The number of ether oxygens (including phenoxy) is 2. The van der Waals surface area contributed by atoms with Gasteiger partial charge in [0.15, 0.2) is 0 Å². The van der Waals surface area contributed by atoms with E-state index in [1.165, 1.54) is 18.1 Å². The number of rotatable bonds is 17. The lowest BCUT2D eigenvalue weighted by Crippen LogP contribution is -2.53. The number of benzene rings is 3. The highest BCUT2D eigenvalue weighted by Gasteiger charge is 2.52. The highest BCUT2D eigenvalue weighted by atomic mass is 16.7. The summed E-state index contributed by atoms with van der Waals surface area (Å²) >= 11 is 0. The molecule has 4 atom stereocenters. The van der Waals surface area contributed by atoms with Crippen molar-refractivity contribution in [1.29, 1.82) is 0 Å². The van der Waals surface area contributed by atoms with E-state index < -0.39 is 27.9 Å². The molecule has 0 spiro atoms. The fourth-order valence-electron chi connectivity index (χ4n) is 8.22. The molecule has 3 aromatic carbocycles. The number of esters is 2. The zero-order valence-corrected chi connectivity index (χ0v) is 38.9. The van der Waals surface area contributed by atoms with Crippen LogP contribution in [0.2, 0.25) is 0 Å². The Bertz CT molecular complexity index is 1730. The van der Waals surface area contributed by atoms with Crippen LogP contribution in [-0.2, 0) is 19.2 Å². The first-order valence-corrected chi connectivity index (χ1v) is 21.1. The van der Waals surface area contributed by atoms with Crippen LogP contribution in [0.4, 0.5) is 0 Å². The minimum atomic E-state index is -0.728. The van der Waals surface area contributed by atoms with Crippen molar-refractivity contribution in [2.45, 2.75) is 172 Å². The summed E-state index contributed by atoms with van der Waals surface area (Å²) in [6, 6.07) is 29.1. The minimum Gasteiger partial charge on any atom is -0.460 e. The molecule has 0 saturated carbocycles. The fraction of sp³-hybridized carbons (Fsp3) is 0.608. The van der Waals surface area contributed by atoms with Crippen molar-refractivity contribution in [3.63, 3.8) is 0 Å². The number of carbonyl (C=O) groups excluding carboxylic acids is 2. The molecule has 0 N–H and O–H groups in total. The summed E-state index contributed by atoms with van der Waals surface area (Å²) in [5.74, 6) is -0.0853. The summed E-state index contributed by atoms with van der Waals surface area (Å²) in [6.07, 6.45) is 1.35. The van der Waals surface area contributed by atoms with E-state index in [0.717, 1.165) is 5.56 Å². The molecule has 3 rings (SSSR count). The van der Waals surface area contributed by atoms with Crippen molar-refractivity contribution in [1.82, 2.24) is 5.06 Å². The first-order valence-electron chi connectivity index (χ1n) is 21.1. The molecule has 0 aliphatic carbocycles. The zero-order valence-electron chi connectivity index (χ0n) is 38.9. The van der Waals surface area contributed by atoms with Crippen LogP contribution in [-0.4, -0.2) is 33.7 Å². The Hall–Kier alpha value is -3.48. The molecule has 6 nitrogen and oxygen atoms in total. The summed E-state index contributed by atoms with van der Waals surface area (Å²) < 4.78 is 11.8. The van der Waals surface area contributed by atoms with Crippen LogP contribution in [0.3, 0.4) is 0 Å². The van der Waals surface area contributed by atoms with E-state index in [-0.39, 0.29) is 46.7 Å². The number of hydrogen-bond acceptors (Lipinski definition) is 6. The lowest BCUT2D eigenvalue weighted by molar-refractivity contribution is -0.308. The first-order chi connectivity index (χ1) is 26.0. The van der Waals surface area contributed by atoms with Gasteiger partial charge >= 0.3 is 11.9 Å². The van der Waals surface area contributed by atoms with Crippen LogP contribution in [0, 0.1) is 28.1 Å². The SMILES string of the molecule is CC(=O)Oc1ccc(C(CC(C)(C)C(C)(C)C(CC(C)(C)C(C)c2ccccc2)C(=O)OC(C)(C)C)C(C)(C)ON(C(c2ccccc2)C(C)C)C(C)(C)C)cc1. The zero-order chi connectivity index (χ0) is 43.4. The summed E-state index contributed by atoms with van der Waals surface area (Å²) in [6.45, 7) is 38.7. The van der Waals surface area contributed by atoms with E-state index in [4.69, 9.17) is 14.3 Å². The number of hydrogen-bond donors (Lipinski definition) is 0. The van der Waals surface area contributed by atoms with Crippen molar-refractivity contribution in [3.05, 3.63) is 102 Å². The minimum absolute atomic E-state index is 0.00713. The molecule has 6 heteroatoms. The summed E-state index contributed by atoms with van der Waals surface area (Å²) in [5, 5.41) is 2.21. The Kier molecular flexibility index (Phi) is 15.3. The van der Waals surface area contributed by atoms with Gasteiger partial charge < -0.3 is 9.47 Å². The summed E-state index contributed by atoms with van der Waals surface area (Å²) in [7, 11) is 0. The highest BCUT2D eigenvalue weighted by Crippen LogP contribution is 2.56. The second-order valence-electron chi connectivity index (χ2n) is 21.2. The van der Waals surface area contributed by atoms with Crippen molar-refractivity contribution < 1.29 is 23.9 Å². The van der Waals surface area contributed by atoms with Gasteiger partial charge in [0.2, 0.25) is 0 Å². The average molecular weight is 784 g/mol. The highest BCUT2D eigenvalue weighted by molar-refractivity contribution is 5.74. The molecule has 0 amide bonds. The second kappa shape index (κ2) is 18.2. The molecule has 0 aliphatic heterocycles. The van der Waals surface area contributed by atoms with E-state index in [2.05, 4.69) is 175 Å². The van der Waals surface area contributed by atoms with Crippen LogP contribution in [0.1, 0.15) is 172 Å². The number of carbonyl (C=O) groups is 2. The van der Waals surface area contributed by atoms with Crippen molar-refractivity contribution >= 4 is 11.9 Å². The Balaban J connectivity index is 2.19. The standard InChI is InChI=1S/C51H77NO5/c1-35(2)44(40-27-23-20-24-28-40)52(46(5,6)7)57-51(17,18)42(39-29-31-41(32-30-39)55-37(4)53)34-49(13,14)50(15,16)43(45(54)56-47(8,9)10)33-48(11,12)36(3)38-25-21-19-22-26-38/h19-32,35-36,42-44H,33-34H2,1-18H3. The molecular weight excluding hydrogens is 707 g/mol. The topological polar surface area (TPSA) is 65.1 Å². The maximum atomic E-state index is 14.6. The smallest absolute Gasteiger partial charge is 0.310 e. The normalized spacial score (nSPS) is 15.6. The molecule has 316 valence electrons. The van der Waals surface area contributed by atoms with Crippen LogP contribution in [0.15, 0.2) is 84.9 Å². The Morgan fingerprint density at radius 2 is 1.12 bits per heavy atom. The van der Waals surface area contributed by atoms with Gasteiger partial charge in [0.25, 0.3) is 0 Å². The largest absolute Gasteiger partial charge is 0.460 e. The maximum Gasteiger partial charge on any atom is 0.310 e. The van der Waals surface area contributed by atoms with Gasteiger partial charge in [-0.2, -0.15) is 5.06 Å². The Morgan fingerprint density at radius 3 is 1.56 bits per heavy atom. The number of hydroxylamine groups is 2. The van der Waals surface area contributed by atoms with E-state index in [0.29, 0.717) is 18.6 Å². The summed E-state index contributed by atoms with van der Waals surface area (Å²) in [5.41, 5.74) is 0.675. The molecule has 0 heterocycles. The predicted molar refractivity (Wildman–Crippen MR) is 236 cm³/mol. The molecule has 0 saturated heterocycles. The molecule has 4 unspecified atom stereocenters. The van der Waals surface area contributed by atoms with Gasteiger partial charge in [-0.25, -0.2) is 0 Å². The molecule has 0 radical (unpaired) electrons.